The van der Waals surface area contributed by atoms with E-state index in [9.17, 15) is 0 Å². The molecule has 15 heavy (non-hydrogen) atoms. The lowest BCUT2D eigenvalue weighted by atomic mass is 10.1. The van der Waals surface area contributed by atoms with E-state index in [4.69, 9.17) is 10.00 Å². The molecule has 0 aliphatic carbocycles. The van der Waals surface area contributed by atoms with Gasteiger partial charge in [0.05, 0.1) is 12.7 Å². The Morgan fingerprint density at radius 2 is 2.20 bits per heavy atom. The van der Waals surface area contributed by atoms with Crippen LogP contribution in [0.25, 0.3) is 0 Å². The van der Waals surface area contributed by atoms with Crippen molar-refractivity contribution in [3.63, 3.8) is 0 Å². The lowest BCUT2D eigenvalue weighted by molar-refractivity contribution is 0.140. The first kappa shape index (κ1) is 14.9. The zero-order chi connectivity index (χ0) is 11.5. The second-order valence-corrected chi connectivity index (χ2v) is 4.28. The van der Waals surface area contributed by atoms with E-state index in [0.717, 1.165) is 31.6 Å². The largest absolute Gasteiger partial charge is 0.383 e. The predicted molar refractivity (Wildman–Crippen MR) is 66.1 cm³/mol. The first-order chi connectivity index (χ1) is 7.28. The molecule has 1 unspecified atom stereocenters. The van der Waals surface area contributed by atoms with Crippen LogP contribution in [0.15, 0.2) is 0 Å². The molecule has 3 nitrogen and oxygen atoms in total. The highest BCUT2D eigenvalue weighted by Gasteiger charge is 2.11. The lowest BCUT2D eigenvalue weighted by Crippen LogP contribution is -2.33. The Bertz CT molecular complexity index is 178. The first-order valence-electron chi connectivity index (χ1n) is 5.42. The molecule has 0 aromatic rings. The summed E-state index contributed by atoms with van der Waals surface area (Å²) in [5.41, 5.74) is 0. The average Bonchev–Trinajstić information content (AvgIpc) is 2.28. The summed E-state index contributed by atoms with van der Waals surface area (Å²) in [6.07, 6.45) is 1.77. The Hall–Kier alpha value is -0.110. The van der Waals surface area contributed by atoms with Crippen LogP contribution in [0, 0.1) is 17.2 Å². The number of nitriles is 1. The van der Waals surface area contributed by atoms with Crippen LogP contribution in [0.4, 0.5) is 0 Å². The van der Waals surface area contributed by atoms with Gasteiger partial charge in [-0.25, -0.2) is 0 Å². The lowest BCUT2D eigenvalue weighted by Gasteiger charge is -2.24. The minimum atomic E-state index is 0.600. The van der Waals surface area contributed by atoms with Crippen molar-refractivity contribution in [1.29, 1.82) is 5.26 Å². The number of hydrogen-bond donors (Lipinski definition) is 0. The Kier molecular flexibility index (Phi) is 10.3. The normalized spacial score (nSPS) is 12.7. The Morgan fingerprint density at radius 3 is 2.67 bits per heavy atom. The van der Waals surface area contributed by atoms with Crippen LogP contribution in [0.5, 0.6) is 0 Å². The topological polar surface area (TPSA) is 36.3 Å². The van der Waals surface area contributed by atoms with Gasteiger partial charge in [-0.2, -0.15) is 5.26 Å². The zero-order valence-corrected chi connectivity index (χ0v) is 11.3. The van der Waals surface area contributed by atoms with Crippen molar-refractivity contribution in [3.05, 3.63) is 0 Å². The number of hydrogen-bond acceptors (Lipinski definition) is 3. The highest BCUT2D eigenvalue weighted by Crippen LogP contribution is 2.09. The maximum absolute atomic E-state index is 8.57. The van der Waals surface area contributed by atoms with Gasteiger partial charge in [-0.1, -0.05) is 29.3 Å². The van der Waals surface area contributed by atoms with Crippen molar-refractivity contribution < 1.29 is 4.74 Å². The molecule has 0 radical (unpaired) electrons. The van der Waals surface area contributed by atoms with E-state index in [1.165, 1.54) is 6.42 Å². The second-order valence-electron chi connectivity index (χ2n) is 3.63. The molecule has 0 aromatic heterocycles. The van der Waals surface area contributed by atoms with Crippen LogP contribution in [0.2, 0.25) is 0 Å². The van der Waals surface area contributed by atoms with Crippen LogP contribution in [-0.2, 0) is 4.74 Å². The molecule has 0 N–H and O–H groups in total. The molecule has 0 amide bonds. The van der Waals surface area contributed by atoms with Gasteiger partial charge in [0.25, 0.3) is 0 Å². The van der Waals surface area contributed by atoms with Crippen molar-refractivity contribution in [2.75, 3.05) is 38.7 Å². The molecule has 0 saturated carbocycles. The fourth-order valence-corrected chi connectivity index (χ4v) is 2.04. The molecule has 0 aliphatic heterocycles. The minimum Gasteiger partial charge on any atom is -0.383 e. The maximum Gasteiger partial charge on any atom is 0.0635 e. The summed E-state index contributed by atoms with van der Waals surface area (Å²) in [4.78, 5) is 2.31. The van der Waals surface area contributed by atoms with E-state index >= 15 is 0 Å². The predicted octanol–water partition coefficient (Wildman–Crippen LogP) is 2.27. The highest BCUT2D eigenvalue weighted by atomic mass is 79.9. The molecule has 0 spiro atoms. The Morgan fingerprint density at radius 1 is 1.47 bits per heavy atom. The standard InChI is InChI=1S/C11H21BrN2O/c1-3-11(9-12)10-14(6-4-5-13)7-8-15-2/h11H,3-4,6-10H2,1-2H3. The van der Waals surface area contributed by atoms with Gasteiger partial charge in [0.15, 0.2) is 0 Å². The summed E-state index contributed by atoms with van der Waals surface area (Å²) in [5.74, 6) is 0.667. The van der Waals surface area contributed by atoms with Crippen LogP contribution < -0.4 is 0 Å². The molecular weight excluding hydrogens is 256 g/mol. The van der Waals surface area contributed by atoms with Crippen molar-refractivity contribution >= 4 is 15.9 Å². The van der Waals surface area contributed by atoms with E-state index in [2.05, 4.69) is 33.8 Å². The van der Waals surface area contributed by atoms with Crippen molar-refractivity contribution in [1.82, 2.24) is 4.90 Å². The number of rotatable bonds is 9. The fraction of sp³-hybridized carbons (Fsp3) is 0.909. The van der Waals surface area contributed by atoms with Gasteiger partial charge in [-0.05, 0) is 5.92 Å². The van der Waals surface area contributed by atoms with E-state index in [1.807, 2.05) is 0 Å². The van der Waals surface area contributed by atoms with Crippen LogP contribution in [-0.4, -0.2) is 43.6 Å². The molecule has 4 heteroatoms. The summed E-state index contributed by atoms with van der Waals surface area (Å²) in [6, 6.07) is 2.19. The molecular formula is C11H21BrN2O. The van der Waals surface area contributed by atoms with Gasteiger partial charge in [0.1, 0.15) is 0 Å². The number of methoxy groups -OCH3 is 1. The zero-order valence-electron chi connectivity index (χ0n) is 9.71. The monoisotopic (exact) mass is 276 g/mol. The summed E-state index contributed by atoms with van der Waals surface area (Å²) in [7, 11) is 1.71. The van der Waals surface area contributed by atoms with Gasteiger partial charge in [0, 0.05) is 38.5 Å². The quantitative estimate of drug-likeness (QED) is 0.607. The Balaban J connectivity index is 3.92. The third-order valence-electron chi connectivity index (χ3n) is 2.46. The smallest absolute Gasteiger partial charge is 0.0635 e. The number of ether oxygens (including phenoxy) is 1. The summed E-state index contributed by atoms with van der Waals surface area (Å²) >= 11 is 3.52. The number of alkyl halides is 1. The third-order valence-corrected chi connectivity index (χ3v) is 3.38. The molecule has 0 bridgehead atoms. The van der Waals surface area contributed by atoms with Crippen LogP contribution in [0.3, 0.4) is 0 Å². The highest BCUT2D eigenvalue weighted by molar-refractivity contribution is 9.09. The number of nitrogens with zero attached hydrogens (tertiary/aromatic N) is 2. The van der Waals surface area contributed by atoms with E-state index < -0.39 is 0 Å². The molecule has 0 heterocycles. The Labute approximate surface area is 102 Å². The van der Waals surface area contributed by atoms with E-state index in [0.29, 0.717) is 12.3 Å². The van der Waals surface area contributed by atoms with Gasteiger partial charge >= 0.3 is 0 Å². The van der Waals surface area contributed by atoms with E-state index in [-0.39, 0.29) is 0 Å². The van der Waals surface area contributed by atoms with Crippen molar-refractivity contribution in [2.24, 2.45) is 5.92 Å². The minimum absolute atomic E-state index is 0.600. The molecule has 0 saturated heterocycles. The molecule has 0 fully saturated rings. The SMILES string of the molecule is CCC(CBr)CN(CCC#N)CCOC. The summed E-state index contributed by atoms with van der Waals surface area (Å²) < 4.78 is 5.06. The number of halogens is 1. The van der Waals surface area contributed by atoms with Crippen molar-refractivity contribution in [2.45, 2.75) is 19.8 Å². The van der Waals surface area contributed by atoms with Crippen molar-refractivity contribution in [3.8, 4) is 6.07 Å². The average molecular weight is 277 g/mol. The maximum atomic E-state index is 8.57. The molecule has 1 atom stereocenters. The molecule has 88 valence electrons. The molecule has 0 rings (SSSR count). The van der Waals surface area contributed by atoms with Crippen LogP contribution >= 0.6 is 15.9 Å². The summed E-state index contributed by atoms with van der Waals surface area (Å²) in [5, 5.41) is 9.60. The van der Waals surface area contributed by atoms with Gasteiger partial charge in [-0.3, -0.25) is 4.90 Å². The van der Waals surface area contributed by atoms with Gasteiger partial charge in [-0.15, -0.1) is 0 Å². The summed E-state index contributed by atoms with van der Waals surface area (Å²) in [6.45, 7) is 5.76. The molecule has 0 aromatic carbocycles. The van der Waals surface area contributed by atoms with Gasteiger partial charge < -0.3 is 4.74 Å². The molecule has 0 aliphatic rings. The van der Waals surface area contributed by atoms with E-state index in [1.54, 1.807) is 7.11 Å². The van der Waals surface area contributed by atoms with Gasteiger partial charge in [0.2, 0.25) is 0 Å². The second kappa shape index (κ2) is 10.4. The third kappa shape index (κ3) is 7.78. The van der Waals surface area contributed by atoms with Crippen LogP contribution in [0.1, 0.15) is 19.8 Å². The first-order valence-corrected chi connectivity index (χ1v) is 6.54. The fourth-order valence-electron chi connectivity index (χ4n) is 1.38.